The van der Waals surface area contributed by atoms with Gasteiger partial charge in [0.2, 0.25) is 20.0 Å². The third-order valence-electron chi connectivity index (χ3n) is 11.2. The fourth-order valence-corrected chi connectivity index (χ4v) is 10.1. The van der Waals surface area contributed by atoms with Crippen molar-refractivity contribution in [2.75, 3.05) is 18.9 Å². The van der Waals surface area contributed by atoms with E-state index in [2.05, 4.69) is 154 Å². The van der Waals surface area contributed by atoms with Gasteiger partial charge in [-0.25, -0.2) is 16.8 Å². The molecule has 6 aromatic carbocycles. The van der Waals surface area contributed by atoms with E-state index in [9.17, 15) is 16.8 Å². The Labute approximate surface area is 398 Å². The largest absolute Gasteiger partial charge is 0.329 e. The lowest BCUT2D eigenvalue weighted by Gasteiger charge is -2.20. The van der Waals surface area contributed by atoms with Crippen molar-refractivity contribution in [2.24, 2.45) is 0 Å². The van der Waals surface area contributed by atoms with Crippen LogP contribution in [0.1, 0.15) is 83.1 Å². The maximum absolute atomic E-state index is 13.2. The van der Waals surface area contributed by atoms with Gasteiger partial charge in [0.15, 0.2) is 0 Å². The van der Waals surface area contributed by atoms with E-state index < -0.39 is 29.5 Å². The van der Waals surface area contributed by atoms with E-state index in [1.165, 1.54) is 10.8 Å². The quantitative estimate of drug-likeness (QED) is 0.0945. The second-order valence-electron chi connectivity index (χ2n) is 20.8. The summed E-state index contributed by atoms with van der Waals surface area (Å²) in [6.07, 6.45) is 0. The Balaban J connectivity index is 1.16. The lowest BCUT2D eigenvalue weighted by atomic mass is 10.0. The van der Waals surface area contributed by atoms with Gasteiger partial charge in [0.05, 0.1) is 31.6 Å². The summed E-state index contributed by atoms with van der Waals surface area (Å²) in [4.78, 5) is 0. The van der Waals surface area contributed by atoms with Gasteiger partial charge in [-0.2, -0.15) is 0 Å². The van der Waals surface area contributed by atoms with Crippen molar-refractivity contribution in [2.45, 2.75) is 102 Å². The standard InChI is InChI=1S/C52H60N6O4S4/c1-49(2,3)63-53-35-17-25-45-41(29-35)42-30-36(54-64-50(4,5)6)18-26-46(42)57(45)39-21-13-33(14-22-39)34-15-23-40(24-16-34)58-47-27-19-37(55-65(59,60)51(7,8)9)31-43(47)44-32-38(20-28-48(44)58)56-66(61,62)52(10,11)12/h13-32,53-56H,1-12H3. The Kier molecular flexibility index (Phi) is 12.0. The Hall–Kier alpha value is -5.28. The van der Waals surface area contributed by atoms with E-state index >= 15 is 0 Å². The zero-order valence-electron chi connectivity index (χ0n) is 39.7. The molecule has 2 heterocycles. The maximum atomic E-state index is 13.2. The van der Waals surface area contributed by atoms with Crippen molar-refractivity contribution in [3.05, 3.63) is 121 Å². The number of benzene rings is 6. The molecule has 0 aliphatic rings. The predicted octanol–water partition coefficient (Wildman–Crippen LogP) is 14.3. The molecule has 0 unspecified atom stereocenters. The van der Waals surface area contributed by atoms with Gasteiger partial charge in [0.1, 0.15) is 0 Å². The molecule has 0 atom stereocenters. The maximum Gasteiger partial charge on any atom is 0.237 e. The molecular weight excluding hydrogens is 901 g/mol. The van der Waals surface area contributed by atoms with Crippen LogP contribution < -0.4 is 18.9 Å². The first-order valence-corrected chi connectivity index (χ1v) is 26.6. The Morgan fingerprint density at radius 1 is 0.379 bits per heavy atom. The van der Waals surface area contributed by atoms with Crippen LogP contribution in [0.25, 0.3) is 66.1 Å². The van der Waals surface area contributed by atoms with Crippen molar-refractivity contribution >= 4 is 110 Å². The van der Waals surface area contributed by atoms with Crippen LogP contribution in [-0.4, -0.2) is 45.0 Å². The minimum Gasteiger partial charge on any atom is -0.329 e. The first kappa shape index (κ1) is 47.2. The van der Waals surface area contributed by atoms with Gasteiger partial charge in [-0.15, -0.1) is 0 Å². The molecule has 0 aliphatic heterocycles. The van der Waals surface area contributed by atoms with Crippen LogP contribution in [0, 0.1) is 0 Å². The van der Waals surface area contributed by atoms with Crippen LogP contribution in [0.15, 0.2) is 121 Å². The Bertz CT molecular complexity index is 3190. The number of hydrogen-bond donors (Lipinski definition) is 4. The van der Waals surface area contributed by atoms with Gasteiger partial charge >= 0.3 is 0 Å². The smallest absolute Gasteiger partial charge is 0.237 e. The number of sulfonamides is 2. The second kappa shape index (κ2) is 16.8. The number of anilines is 4. The van der Waals surface area contributed by atoms with Crippen LogP contribution >= 0.6 is 23.9 Å². The second-order valence-corrected chi connectivity index (χ2v) is 28.9. The van der Waals surface area contributed by atoms with E-state index in [0.29, 0.717) is 11.4 Å². The molecule has 0 amide bonds. The molecule has 14 heteroatoms. The molecule has 0 fully saturated rings. The summed E-state index contributed by atoms with van der Waals surface area (Å²) in [5.74, 6) is 0. The summed E-state index contributed by atoms with van der Waals surface area (Å²) in [5.41, 5.74) is 11.0. The molecule has 0 aliphatic carbocycles. The summed E-state index contributed by atoms with van der Waals surface area (Å²) >= 11 is 3.42. The zero-order chi connectivity index (χ0) is 47.8. The molecule has 8 aromatic rings. The fraction of sp³-hybridized carbons (Fsp3) is 0.308. The van der Waals surface area contributed by atoms with Crippen LogP contribution in [0.2, 0.25) is 0 Å². The molecule has 346 valence electrons. The highest BCUT2D eigenvalue weighted by Crippen LogP contribution is 2.40. The first-order chi connectivity index (χ1) is 30.7. The predicted molar refractivity (Wildman–Crippen MR) is 287 cm³/mol. The molecule has 0 saturated heterocycles. The van der Waals surface area contributed by atoms with E-state index in [1.54, 1.807) is 77.6 Å². The lowest BCUT2D eigenvalue weighted by molar-refractivity contribution is 0.565. The van der Waals surface area contributed by atoms with E-state index in [-0.39, 0.29) is 9.49 Å². The molecule has 8 rings (SSSR count). The van der Waals surface area contributed by atoms with Crippen molar-refractivity contribution in [1.82, 2.24) is 9.13 Å². The SMILES string of the molecule is CC(C)(C)SNc1ccc2c(c1)c1cc(NSC(C)(C)C)ccc1n2-c1ccc(-c2ccc(-n3c4ccc(NS(=O)(=O)C(C)(C)C)cc4c4cc(NS(=O)(=O)C(C)(C)C)ccc43)cc2)cc1. The highest BCUT2D eigenvalue weighted by molar-refractivity contribution is 8.02. The highest BCUT2D eigenvalue weighted by atomic mass is 32.2. The molecule has 0 radical (unpaired) electrons. The average molecular weight is 961 g/mol. The number of nitrogens with one attached hydrogen (secondary N) is 4. The molecular formula is C52H60N6O4S4. The van der Waals surface area contributed by atoms with E-state index in [1.807, 2.05) is 24.3 Å². The van der Waals surface area contributed by atoms with Crippen molar-refractivity contribution < 1.29 is 16.8 Å². The third-order valence-corrected chi connectivity index (χ3v) is 17.3. The number of rotatable bonds is 11. The third kappa shape index (κ3) is 9.60. The number of aromatic nitrogens is 2. The average Bonchev–Trinajstić information content (AvgIpc) is 3.72. The molecule has 4 N–H and O–H groups in total. The van der Waals surface area contributed by atoms with E-state index in [0.717, 1.165) is 66.7 Å². The molecule has 2 aromatic heterocycles. The van der Waals surface area contributed by atoms with Gasteiger partial charge in [0, 0.05) is 65.2 Å². The van der Waals surface area contributed by atoms with Crippen molar-refractivity contribution in [1.29, 1.82) is 0 Å². The molecule has 66 heavy (non-hydrogen) atoms. The molecule has 10 nitrogen and oxygen atoms in total. The normalized spacial score (nSPS) is 13.2. The van der Waals surface area contributed by atoms with Crippen molar-refractivity contribution in [3.63, 3.8) is 0 Å². The lowest BCUT2D eigenvalue weighted by Crippen LogP contribution is -2.33. The summed E-state index contributed by atoms with van der Waals surface area (Å²) < 4.78 is 68.0. The molecule has 0 spiro atoms. The van der Waals surface area contributed by atoms with Crippen LogP contribution in [0.3, 0.4) is 0 Å². The van der Waals surface area contributed by atoms with Crippen LogP contribution in [0.4, 0.5) is 22.7 Å². The first-order valence-electron chi connectivity index (χ1n) is 22.0. The Morgan fingerprint density at radius 3 is 0.924 bits per heavy atom. The zero-order valence-corrected chi connectivity index (χ0v) is 43.0. The van der Waals surface area contributed by atoms with Gasteiger partial charge < -0.3 is 18.6 Å². The number of fused-ring (bicyclic) bond motifs is 6. The minimum absolute atomic E-state index is 0.0589. The summed E-state index contributed by atoms with van der Waals surface area (Å²) in [6, 6.07) is 41.2. The van der Waals surface area contributed by atoms with Gasteiger partial charge in [-0.1, -0.05) is 24.3 Å². The Morgan fingerprint density at radius 2 is 0.652 bits per heavy atom. The highest BCUT2D eigenvalue weighted by Gasteiger charge is 2.31. The van der Waals surface area contributed by atoms with Gasteiger partial charge in [-0.3, -0.25) is 9.44 Å². The molecule has 0 saturated carbocycles. The summed E-state index contributed by atoms with van der Waals surface area (Å²) in [6.45, 7) is 23.1. The minimum atomic E-state index is -3.70. The number of nitrogens with zero attached hydrogens (tertiary/aromatic N) is 2. The summed E-state index contributed by atoms with van der Waals surface area (Å²) in [7, 11) is -7.41. The van der Waals surface area contributed by atoms with Crippen molar-refractivity contribution in [3.8, 4) is 22.5 Å². The number of hydrogen-bond acceptors (Lipinski definition) is 8. The van der Waals surface area contributed by atoms with E-state index in [4.69, 9.17) is 0 Å². The van der Waals surface area contributed by atoms with Crippen LogP contribution in [0.5, 0.6) is 0 Å². The molecule has 0 bridgehead atoms. The van der Waals surface area contributed by atoms with Gasteiger partial charge in [0.25, 0.3) is 0 Å². The summed E-state index contributed by atoms with van der Waals surface area (Å²) in [5, 5.41) is 3.88. The fourth-order valence-electron chi connectivity index (χ4n) is 7.50. The van der Waals surface area contributed by atoms with Crippen LogP contribution in [-0.2, 0) is 20.0 Å². The topological polar surface area (TPSA) is 126 Å². The monoisotopic (exact) mass is 960 g/mol. The van der Waals surface area contributed by atoms with Gasteiger partial charge in [-0.05, 0) is 215 Å².